The van der Waals surface area contributed by atoms with Crippen molar-refractivity contribution in [3.8, 4) is 0 Å². The molecule has 120 valence electrons. The molecule has 0 saturated heterocycles. The predicted octanol–water partition coefficient (Wildman–Crippen LogP) is 4.86. The Labute approximate surface area is 135 Å². The van der Waals surface area contributed by atoms with Crippen LogP contribution in [0.2, 0.25) is 0 Å². The smallest absolute Gasteiger partial charge is 0.0214 e. The fourth-order valence-corrected chi connectivity index (χ4v) is 8.19. The molecule has 0 amide bonds. The van der Waals surface area contributed by atoms with Crippen molar-refractivity contribution in [2.75, 3.05) is 12.3 Å². The topological polar surface area (TPSA) is 12.0 Å². The van der Waals surface area contributed by atoms with E-state index in [1.165, 1.54) is 31.4 Å². The van der Waals surface area contributed by atoms with Crippen molar-refractivity contribution >= 4 is 11.8 Å². The molecular weight excluding hydrogens is 274 g/mol. The molecule has 2 heteroatoms. The molecule has 1 nitrogen and oxygen atoms in total. The average molecular weight is 308 g/mol. The Morgan fingerprint density at radius 1 is 1.00 bits per heavy atom. The highest BCUT2D eigenvalue weighted by Gasteiger charge is 2.53. The fraction of sp³-hybridized carbons (Fsp3) is 1.00. The van der Waals surface area contributed by atoms with Crippen LogP contribution in [0.5, 0.6) is 0 Å². The van der Waals surface area contributed by atoms with E-state index in [-0.39, 0.29) is 0 Å². The molecule has 0 aliphatic heterocycles. The van der Waals surface area contributed by atoms with Crippen LogP contribution >= 0.6 is 11.8 Å². The first-order valence-corrected chi connectivity index (χ1v) is 10.7. The minimum atomic E-state index is 0.691. The number of thioether (sulfide) groups is 1. The Bertz CT molecular complexity index is 325. The number of nitrogens with one attached hydrogen (secondary N) is 1. The first-order chi connectivity index (χ1) is 10.3. The summed E-state index contributed by atoms with van der Waals surface area (Å²) in [6.07, 6.45) is 15.4. The molecule has 5 rings (SSSR count). The largest absolute Gasteiger partial charge is 0.313 e. The third-order valence-electron chi connectivity index (χ3n) is 7.08. The Kier molecular flexibility index (Phi) is 4.30. The highest BCUT2D eigenvalue weighted by Crippen LogP contribution is 2.61. The van der Waals surface area contributed by atoms with E-state index in [1.807, 2.05) is 0 Å². The molecule has 0 radical (unpaired) electrons. The summed E-state index contributed by atoms with van der Waals surface area (Å²) in [5, 5.41) is 4.93. The van der Waals surface area contributed by atoms with Crippen molar-refractivity contribution in [1.82, 2.24) is 5.32 Å². The second kappa shape index (κ2) is 6.07. The Balaban J connectivity index is 1.44. The third-order valence-corrected chi connectivity index (χ3v) is 8.54. The Morgan fingerprint density at radius 2 is 1.57 bits per heavy atom. The highest BCUT2D eigenvalue weighted by atomic mass is 32.2. The van der Waals surface area contributed by atoms with Gasteiger partial charge in [-0.3, -0.25) is 0 Å². The summed E-state index contributed by atoms with van der Waals surface area (Å²) in [6, 6.07) is 0.807. The van der Waals surface area contributed by atoms with Crippen LogP contribution in [0.3, 0.4) is 0 Å². The van der Waals surface area contributed by atoms with Gasteiger partial charge in [-0.25, -0.2) is 0 Å². The van der Waals surface area contributed by atoms with E-state index in [9.17, 15) is 0 Å². The molecule has 5 aliphatic rings. The molecule has 0 aromatic rings. The van der Waals surface area contributed by atoms with Gasteiger partial charge in [0.15, 0.2) is 0 Å². The van der Waals surface area contributed by atoms with Crippen molar-refractivity contribution in [3.63, 3.8) is 0 Å². The van der Waals surface area contributed by atoms with Crippen LogP contribution in [-0.4, -0.2) is 23.6 Å². The summed E-state index contributed by atoms with van der Waals surface area (Å²) in [4.78, 5) is 0. The van der Waals surface area contributed by atoms with Crippen molar-refractivity contribution < 1.29 is 0 Å². The van der Waals surface area contributed by atoms with Gasteiger partial charge in [0.05, 0.1) is 0 Å². The van der Waals surface area contributed by atoms with Crippen LogP contribution in [0.4, 0.5) is 0 Å². The van der Waals surface area contributed by atoms with Gasteiger partial charge in [0.1, 0.15) is 0 Å². The third kappa shape index (κ3) is 2.92. The normalized spacial score (nSPS) is 43.6. The molecule has 0 aromatic heterocycles. The molecular formula is C19H33NS. The summed E-state index contributed by atoms with van der Waals surface area (Å²) < 4.78 is 0. The first-order valence-electron chi connectivity index (χ1n) is 9.62. The highest BCUT2D eigenvalue weighted by molar-refractivity contribution is 7.99. The Hall–Kier alpha value is 0.310. The SMILES string of the molecule is CCNC(CSC1CCCC1)C12CC3CC(CC(C3)C1)C2. The second-order valence-corrected chi connectivity index (χ2v) is 9.96. The summed E-state index contributed by atoms with van der Waals surface area (Å²) >= 11 is 2.32. The summed E-state index contributed by atoms with van der Waals surface area (Å²) in [5.74, 6) is 4.67. The van der Waals surface area contributed by atoms with Crippen LogP contribution in [-0.2, 0) is 0 Å². The van der Waals surface area contributed by atoms with Gasteiger partial charge in [-0.15, -0.1) is 0 Å². The van der Waals surface area contributed by atoms with E-state index in [0.717, 1.165) is 35.6 Å². The molecule has 5 saturated carbocycles. The zero-order valence-corrected chi connectivity index (χ0v) is 14.6. The molecule has 1 N–H and O–H groups in total. The van der Waals surface area contributed by atoms with Crippen LogP contribution in [0.25, 0.3) is 0 Å². The maximum Gasteiger partial charge on any atom is 0.0214 e. The average Bonchev–Trinajstić information content (AvgIpc) is 2.95. The molecule has 0 heterocycles. The van der Waals surface area contributed by atoms with Crippen molar-refractivity contribution in [3.05, 3.63) is 0 Å². The lowest BCUT2D eigenvalue weighted by molar-refractivity contribution is -0.0691. The van der Waals surface area contributed by atoms with Gasteiger partial charge in [0, 0.05) is 17.0 Å². The van der Waals surface area contributed by atoms with E-state index in [0.29, 0.717) is 5.41 Å². The van der Waals surface area contributed by atoms with Gasteiger partial charge >= 0.3 is 0 Å². The minimum Gasteiger partial charge on any atom is -0.313 e. The van der Waals surface area contributed by atoms with Crippen LogP contribution < -0.4 is 5.32 Å². The van der Waals surface area contributed by atoms with Gasteiger partial charge < -0.3 is 5.32 Å². The maximum absolute atomic E-state index is 3.94. The van der Waals surface area contributed by atoms with Crippen molar-refractivity contribution in [2.45, 2.75) is 82.4 Å². The molecule has 5 fully saturated rings. The van der Waals surface area contributed by atoms with E-state index in [1.54, 1.807) is 38.5 Å². The standard InChI is InChI=1S/C19H33NS/c1-2-20-18(13-21-17-5-3-4-6-17)19-10-14-7-15(11-19)9-16(8-14)12-19/h14-18,20H,2-13H2,1H3. The van der Waals surface area contributed by atoms with Gasteiger partial charge in [-0.1, -0.05) is 19.8 Å². The van der Waals surface area contributed by atoms with E-state index < -0.39 is 0 Å². The van der Waals surface area contributed by atoms with E-state index >= 15 is 0 Å². The lowest BCUT2D eigenvalue weighted by Gasteiger charge is -2.59. The van der Waals surface area contributed by atoms with Crippen LogP contribution in [0.1, 0.15) is 71.1 Å². The maximum atomic E-state index is 3.94. The lowest BCUT2D eigenvalue weighted by Crippen LogP contribution is -2.57. The lowest BCUT2D eigenvalue weighted by atomic mass is 9.48. The van der Waals surface area contributed by atoms with Gasteiger partial charge in [-0.2, -0.15) is 11.8 Å². The van der Waals surface area contributed by atoms with E-state index in [4.69, 9.17) is 0 Å². The zero-order valence-electron chi connectivity index (χ0n) is 13.8. The van der Waals surface area contributed by atoms with Gasteiger partial charge in [0.25, 0.3) is 0 Å². The first kappa shape index (κ1) is 14.9. The van der Waals surface area contributed by atoms with Crippen molar-refractivity contribution in [1.29, 1.82) is 0 Å². The quantitative estimate of drug-likeness (QED) is 0.752. The van der Waals surface area contributed by atoms with Gasteiger partial charge in [0.2, 0.25) is 0 Å². The molecule has 0 spiro atoms. The number of rotatable bonds is 6. The monoisotopic (exact) mass is 307 g/mol. The molecule has 4 bridgehead atoms. The number of hydrogen-bond acceptors (Lipinski definition) is 2. The summed E-state index contributed by atoms with van der Waals surface area (Å²) in [6.45, 7) is 3.48. The fourth-order valence-electron chi connectivity index (χ4n) is 6.59. The zero-order chi connectivity index (χ0) is 14.3. The summed E-state index contributed by atoms with van der Waals surface area (Å²) in [5.41, 5.74) is 0.691. The summed E-state index contributed by atoms with van der Waals surface area (Å²) in [7, 11) is 0. The van der Waals surface area contributed by atoms with Crippen LogP contribution in [0.15, 0.2) is 0 Å². The molecule has 1 atom stereocenters. The molecule has 21 heavy (non-hydrogen) atoms. The van der Waals surface area contributed by atoms with E-state index in [2.05, 4.69) is 24.0 Å². The number of hydrogen-bond donors (Lipinski definition) is 1. The molecule has 0 aromatic carbocycles. The molecule has 1 unspecified atom stereocenters. The van der Waals surface area contributed by atoms with Gasteiger partial charge in [-0.05, 0) is 81.1 Å². The van der Waals surface area contributed by atoms with Crippen LogP contribution in [0, 0.1) is 23.2 Å². The Morgan fingerprint density at radius 3 is 2.10 bits per heavy atom. The predicted molar refractivity (Wildman–Crippen MR) is 92.8 cm³/mol. The van der Waals surface area contributed by atoms with Crippen molar-refractivity contribution in [2.24, 2.45) is 23.2 Å². The molecule has 5 aliphatic carbocycles. The minimum absolute atomic E-state index is 0.691. The second-order valence-electron chi connectivity index (χ2n) is 8.63.